The van der Waals surface area contributed by atoms with Gasteiger partial charge in [0.2, 0.25) is 0 Å². The third-order valence-electron chi connectivity index (χ3n) is 3.86. The van der Waals surface area contributed by atoms with Crippen molar-refractivity contribution in [3.05, 3.63) is 50.1 Å². The van der Waals surface area contributed by atoms with Crippen LogP contribution in [0.4, 0.5) is 0 Å². The number of hydrogen-bond acceptors (Lipinski definition) is 4. The molecule has 0 aliphatic heterocycles. The van der Waals surface area contributed by atoms with Crippen LogP contribution in [0, 0.1) is 6.92 Å². The van der Waals surface area contributed by atoms with Crippen LogP contribution >= 0.6 is 0 Å². The van der Waals surface area contributed by atoms with E-state index in [4.69, 9.17) is 0 Å². The molecule has 1 N–H and O–H groups in total. The summed E-state index contributed by atoms with van der Waals surface area (Å²) in [7, 11) is 5.02. The minimum absolute atomic E-state index is 0.0700. The lowest BCUT2D eigenvalue weighted by atomic mass is 10.1. The van der Waals surface area contributed by atoms with E-state index in [-0.39, 0.29) is 17.3 Å². The van der Waals surface area contributed by atoms with Crippen molar-refractivity contribution in [2.45, 2.75) is 26.4 Å². The molecule has 0 amide bonds. The molecule has 0 radical (unpaired) electrons. The maximum atomic E-state index is 12.1. The van der Waals surface area contributed by atoms with E-state index in [2.05, 4.69) is 10.4 Å². The summed E-state index contributed by atoms with van der Waals surface area (Å²) < 4.78 is 4.36. The fraction of sp³-hybridized carbons (Fsp3) is 0.500. The predicted octanol–water partition coefficient (Wildman–Crippen LogP) is -0.0233. The summed E-state index contributed by atoms with van der Waals surface area (Å²) in [4.78, 5) is 23.7. The Labute approximate surface area is 122 Å². The van der Waals surface area contributed by atoms with E-state index in [0.717, 1.165) is 15.8 Å². The zero-order valence-electron chi connectivity index (χ0n) is 13.0. The van der Waals surface area contributed by atoms with Gasteiger partial charge in [-0.2, -0.15) is 5.10 Å². The van der Waals surface area contributed by atoms with Crippen LogP contribution in [0.25, 0.3) is 0 Å². The van der Waals surface area contributed by atoms with Gasteiger partial charge in [-0.25, -0.2) is 4.79 Å². The van der Waals surface area contributed by atoms with Crippen LogP contribution in [0.1, 0.15) is 29.8 Å². The van der Waals surface area contributed by atoms with Gasteiger partial charge in [-0.15, -0.1) is 0 Å². The standard InChI is InChI=1S/C14H21N5O2/c1-9(12-7-16-19(5)10(12)2)15-6-11-8-17(3)14(21)18(4)13(11)20/h7-9,15H,6H2,1-5H3. The smallest absolute Gasteiger partial charge is 0.306 e. The first kappa shape index (κ1) is 15.2. The molecular weight excluding hydrogens is 270 g/mol. The second kappa shape index (κ2) is 5.69. The Balaban J connectivity index is 2.19. The van der Waals surface area contributed by atoms with Crippen LogP contribution in [-0.4, -0.2) is 18.9 Å². The number of aryl methyl sites for hydroxylation is 2. The Hall–Kier alpha value is -2.15. The molecule has 2 aromatic heterocycles. The summed E-state index contributed by atoms with van der Waals surface area (Å²) >= 11 is 0. The molecule has 0 saturated carbocycles. The second-order valence-electron chi connectivity index (χ2n) is 5.32. The van der Waals surface area contributed by atoms with E-state index in [1.807, 2.05) is 31.8 Å². The third-order valence-corrected chi connectivity index (χ3v) is 3.86. The summed E-state index contributed by atoms with van der Waals surface area (Å²) in [5.41, 5.74) is 2.16. The van der Waals surface area contributed by atoms with Crippen LogP contribution in [0.3, 0.4) is 0 Å². The number of hydrogen-bond donors (Lipinski definition) is 1. The zero-order valence-corrected chi connectivity index (χ0v) is 13.0. The predicted molar refractivity (Wildman–Crippen MR) is 80.1 cm³/mol. The van der Waals surface area contributed by atoms with E-state index < -0.39 is 0 Å². The fourth-order valence-corrected chi connectivity index (χ4v) is 2.32. The van der Waals surface area contributed by atoms with Crippen molar-refractivity contribution in [2.75, 3.05) is 0 Å². The van der Waals surface area contributed by atoms with Gasteiger partial charge in [0.05, 0.1) is 6.20 Å². The highest BCUT2D eigenvalue weighted by Gasteiger charge is 2.13. The molecule has 1 unspecified atom stereocenters. The molecule has 0 fully saturated rings. The first-order chi connectivity index (χ1) is 9.82. The molecule has 0 bridgehead atoms. The summed E-state index contributed by atoms with van der Waals surface area (Å²) in [5, 5.41) is 7.52. The molecule has 2 aromatic rings. The van der Waals surface area contributed by atoms with Gasteiger partial charge >= 0.3 is 5.69 Å². The number of aromatic nitrogens is 4. The average molecular weight is 291 g/mol. The van der Waals surface area contributed by atoms with Crippen LogP contribution in [-0.2, 0) is 27.7 Å². The number of rotatable bonds is 4. The van der Waals surface area contributed by atoms with Crippen LogP contribution in [0.2, 0.25) is 0 Å². The van der Waals surface area contributed by atoms with Gasteiger partial charge in [0.15, 0.2) is 0 Å². The SMILES string of the molecule is Cc1c(C(C)NCc2cn(C)c(=O)n(C)c2=O)cnn1C. The van der Waals surface area contributed by atoms with Crippen LogP contribution < -0.4 is 16.6 Å². The molecular formula is C14H21N5O2. The molecule has 0 aliphatic rings. The monoisotopic (exact) mass is 291 g/mol. The Morgan fingerprint density at radius 1 is 1.29 bits per heavy atom. The maximum absolute atomic E-state index is 12.1. The molecule has 2 rings (SSSR count). The quantitative estimate of drug-likeness (QED) is 0.859. The molecule has 0 saturated heterocycles. The molecule has 7 nitrogen and oxygen atoms in total. The first-order valence-electron chi connectivity index (χ1n) is 6.80. The van der Waals surface area contributed by atoms with Crippen molar-refractivity contribution in [3.8, 4) is 0 Å². The highest BCUT2D eigenvalue weighted by molar-refractivity contribution is 5.20. The van der Waals surface area contributed by atoms with Crippen LogP contribution in [0.15, 0.2) is 22.0 Å². The molecule has 1 atom stereocenters. The lowest BCUT2D eigenvalue weighted by Crippen LogP contribution is -2.39. The normalized spacial score (nSPS) is 12.6. The molecule has 0 spiro atoms. The third kappa shape index (κ3) is 2.82. The molecule has 7 heteroatoms. The van der Waals surface area contributed by atoms with E-state index in [1.165, 1.54) is 11.6 Å². The molecule has 0 aromatic carbocycles. The minimum Gasteiger partial charge on any atom is -0.306 e. The molecule has 114 valence electrons. The Morgan fingerprint density at radius 3 is 2.52 bits per heavy atom. The van der Waals surface area contributed by atoms with Crippen molar-refractivity contribution >= 4 is 0 Å². The van der Waals surface area contributed by atoms with Gasteiger partial charge in [-0.1, -0.05) is 0 Å². The van der Waals surface area contributed by atoms with Crippen molar-refractivity contribution in [1.29, 1.82) is 0 Å². The fourth-order valence-electron chi connectivity index (χ4n) is 2.32. The van der Waals surface area contributed by atoms with Gasteiger partial charge in [0.25, 0.3) is 5.56 Å². The summed E-state index contributed by atoms with van der Waals surface area (Å²) in [6.07, 6.45) is 3.41. The Kier molecular flexibility index (Phi) is 4.13. The summed E-state index contributed by atoms with van der Waals surface area (Å²) in [6, 6.07) is 0.0700. The van der Waals surface area contributed by atoms with E-state index in [9.17, 15) is 9.59 Å². The molecule has 2 heterocycles. The second-order valence-corrected chi connectivity index (χ2v) is 5.32. The van der Waals surface area contributed by atoms with Gasteiger partial charge < -0.3 is 9.88 Å². The largest absolute Gasteiger partial charge is 0.330 e. The lowest BCUT2D eigenvalue weighted by Gasteiger charge is -2.14. The topological polar surface area (TPSA) is 73.8 Å². The van der Waals surface area contributed by atoms with Gasteiger partial charge in [0.1, 0.15) is 0 Å². The molecule has 0 aliphatic carbocycles. The van der Waals surface area contributed by atoms with Gasteiger partial charge in [-0.05, 0) is 13.8 Å². The lowest BCUT2D eigenvalue weighted by molar-refractivity contribution is 0.555. The molecule has 21 heavy (non-hydrogen) atoms. The van der Waals surface area contributed by atoms with E-state index in [1.54, 1.807) is 13.2 Å². The van der Waals surface area contributed by atoms with Crippen LogP contribution in [0.5, 0.6) is 0 Å². The highest BCUT2D eigenvalue weighted by Crippen LogP contribution is 2.16. The van der Waals surface area contributed by atoms with Gasteiger partial charge in [0, 0.05) is 56.7 Å². The summed E-state index contributed by atoms with van der Waals surface area (Å²) in [5.74, 6) is 0. The Morgan fingerprint density at radius 2 is 1.95 bits per heavy atom. The summed E-state index contributed by atoms with van der Waals surface area (Å²) in [6.45, 7) is 4.43. The number of nitrogens with zero attached hydrogens (tertiary/aromatic N) is 4. The van der Waals surface area contributed by atoms with Crippen molar-refractivity contribution in [1.82, 2.24) is 24.2 Å². The highest BCUT2D eigenvalue weighted by atomic mass is 16.2. The van der Waals surface area contributed by atoms with E-state index in [0.29, 0.717) is 12.1 Å². The maximum Gasteiger partial charge on any atom is 0.330 e. The van der Waals surface area contributed by atoms with E-state index >= 15 is 0 Å². The van der Waals surface area contributed by atoms with Crippen molar-refractivity contribution in [3.63, 3.8) is 0 Å². The number of nitrogens with one attached hydrogen (secondary N) is 1. The van der Waals surface area contributed by atoms with Crippen molar-refractivity contribution in [2.24, 2.45) is 21.1 Å². The Bertz CT molecular complexity index is 769. The zero-order chi connectivity index (χ0) is 15.7. The minimum atomic E-state index is -0.320. The van der Waals surface area contributed by atoms with Gasteiger partial charge in [-0.3, -0.25) is 14.0 Å². The first-order valence-corrected chi connectivity index (χ1v) is 6.80. The van der Waals surface area contributed by atoms with Crippen molar-refractivity contribution < 1.29 is 0 Å². The average Bonchev–Trinajstić information content (AvgIpc) is 2.79.